The van der Waals surface area contributed by atoms with Crippen molar-refractivity contribution < 1.29 is 4.74 Å². The molecule has 2 aromatic rings. The van der Waals surface area contributed by atoms with Crippen LogP contribution in [0.4, 0.5) is 0 Å². The average Bonchev–Trinajstić information content (AvgIpc) is 2.71. The fourth-order valence-corrected chi connectivity index (χ4v) is 1.54. The van der Waals surface area contributed by atoms with E-state index in [1.807, 2.05) is 17.5 Å². The first kappa shape index (κ1) is 8.19. The molecule has 0 unspecified atom stereocenters. The van der Waals surface area contributed by atoms with Crippen molar-refractivity contribution in [2.45, 2.75) is 0 Å². The summed E-state index contributed by atoms with van der Waals surface area (Å²) in [6.45, 7) is 0. The average molecular weight is 192 g/mol. The molecule has 0 atom stereocenters. The number of rotatable bonds is 2. The lowest BCUT2D eigenvalue weighted by molar-refractivity contribution is 0.413. The van der Waals surface area contributed by atoms with Crippen molar-refractivity contribution in [1.82, 2.24) is 9.97 Å². The topological polar surface area (TPSA) is 35.0 Å². The molecular formula is C9H8N2OS. The Bertz CT molecular complexity index is 369. The molecule has 0 fully saturated rings. The van der Waals surface area contributed by atoms with Gasteiger partial charge in [-0.25, -0.2) is 4.98 Å². The van der Waals surface area contributed by atoms with Crippen molar-refractivity contribution in [2.75, 3.05) is 7.11 Å². The molecule has 4 heteroatoms. The highest BCUT2D eigenvalue weighted by Gasteiger charge is 2.00. The number of pyridine rings is 1. The summed E-state index contributed by atoms with van der Waals surface area (Å²) in [5, 5.41) is 1.97. The van der Waals surface area contributed by atoms with E-state index < -0.39 is 0 Å². The summed E-state index contributed by atoms with van der Waals surface area (Å²) in [6.07, 6.45) is 1.69. The maximum absolute atomic E-state index is 5.01. The molecule has 0 amide bonds. The van der Waals surface area contributed by atoms with Crippen LogP contribution in [0, 0.1) is 0 Å². The van der Waals surface area contributed by atoms with E-state index in [-0.39, 0.29) is 0 Å². The molecule has 2 aromatic heterocycles. The molecule has 0 N–H and O–H groups in total. The van der Waals surface area contributed by atoms with Crippen LogP contribution in [0.25, 0.3) is 11.4 Å². The van der Waals surface area contributed by atoms with Crippen LogP contribution >= 0.6 is 11.3 Å². The Morgan fingerprint density at radius 1 is 1.23 bits per heavy atom. The molecule has 0 bridgehead atoms. The van der Waals surface area contributed by atoms with Gasteiger partial charge in [-0.1, -0.05) is 0 Å². The van der Waals surface area contributed by atoms with Crippen LogP contribution in [0.3, 0.4) is 0 Å². The second kappa shape index (κ2) is 3.53. The minimum absolute atomic E-state index is 0.763. The Morgan fingerprint density at radius 2 is 2.15 bits per heavy atom. The van der Waals surface area contributed by atoms with Gasteiger partial charge in [0.15, 0.2) is 0 Å². The predicted molar refractivity (Wildman–Crippen MR) is 51.9 cm³/mol. The molecule has 0 aliphatic carbocycles. The third-order valence-electron chi connectivity index (χ3n) is 1.67. The Balaban J connectivity index is 2.33. The largest absolute Gasteiger partial charge is 0.495 e. The number of ether oxygens (including phenoxy) is 1. The maximum atomic E-state index is 5.01. The predicted octanol–water partition coefficient (Wildman–Crippen LogP) is 2.21. The van der Waals surface area contributed by atoms with E-state index in [1.54, 1.807) is 30.2 Å². The zero-order valence-electron chi connectivity index (χ0n) is 7.10. The molecule has 0 saturated heterocycles. The van der Waals surface area contributed by atoms with Gasteiger partial charge in [0.05, 0.1) is 30.2 Å². The number of aromatic nitrogens is 2. The Kier molecular flexibility index (Phi) is 2.23. The lowest BCUT2D eigenvalue weighted by Crippen LogP contribution is -1.86. The van der Waals surface area contributed by atoms with Gasteiger partial charge in [0.1, 0.15) is 5.75 Å². The number of hydrogen-bond acceptors (Lipinski definition) is 4. The molecule has 0 aliphatic rings. The SMILES string of the molecule is COc1ccc(-c2cscn2)nc1. The molecule has 0 spiro atoms. The van der Waals surface area contributed by atoms with E-state index in [0.29, 0.717) is 0 Å². The zero-order valence-corrected chi connectivity index (χ0v) is 7.91. The van der Waals surface area contributed by atoms with Gasteiger partial charge in [-0.15, -0.1) is 11.3 Å². The summed E-state index contributed by atoms with van der Waals surface area (Å²) in [6, 6.07) is 3.77. The minimum atomic E-state index is 0.763. The first-order valence-electron chi connectivity index (χ1n) is 3.79. The summed E-state index contributed by atoms with van der Waals surface area (Å²) in [5.74, 6) is 0.763. The van der Waals surface area contributed by atoms with Gasteiger partial charge in [-0.3, -0.25) is 4.98 Å². The van der Waals surface area contributed by atoms with E-state index in [4.69, 9.17) is 4.74 Å². The molecule has 0 radical (unpaired) electrons. The minimum Gasteiger partial charge on any atom is -0.495 e. The highest BCUT2D eigenvalue weighted by atomic mass is 32.1. The lowest BCUT2D eigenvalue weighted by Gasteiger charge is -1.98. The summed E-state index contributed by atoms with van der Waals surface area (Å²) in [7, 11) is 1.62. The van der Waals surface area contributed by atoms with Crippen LogP contribution in [0.2, 0.25) is 0 Å². The van der Waals surface area contributed by atoms with Crippen LogP contribution in [-0.2, 0) is 0 Å². The standard InChI is InChI=1S/C9H8N2OS/c1-12-7-2-3-8(10-4-7)9-5-13-6-11-9/h2-6H,1H3. The van der Waals surface area contributed by atoms with Crippen LogP contribution in [0.15, 0.2) is 29.2 Å². The second-order valence-corrected chi connectivity index (χ2v) is 3.18. The van der Waals surface area contributed by atoms with Gasteiger partial charge < -0.3 is 4.74 Å². The van der Waals surface area contributed by atoms with Crippen molar-refractivity contribution in [1.29, 1.82) is 0 Å². The monoisotopic (exact) mass is 192 g/mol. The fraction of sp³-hybridized carbons (Fsp3) is 0.111. The van der Waals surface area contributed by atoms with Gasteiger partial charge in [0, 0.05) is 5.38 Å². The molecular weight excluding hydrogens is 184 g/mol. The Hall–Kier alpha value is -1.42. The van der Waals surface area contributed by atoms with E-state index in [1.165, 1.54) is 0 Å². The number of thiazole rings is 1. The van der Waals surface area contributed by atoms with Gasteiger partial charge >= 0.3 is 0 Å². The van der Waals surface area contributed by atoms with Gasteiger partial charge in [-0.05, 0) is 12.1 Å². The number of hydrogen-bond donors (Lipinski definition) is 0. The molecule has 66 valence electrons. The van der Waals surface area contributed by atoms with Crippen LogP contribution in [0.5, 0.6) is 5.75 Å². The summed E-state index contributed by atoms with van der Waals surface area (Å²) >= 11 is 1.56. The Morgan fingerprint density at radius 3 is 2.69 bits per heavy atom. The van der Waals surface area contributed by atoms with Crippen LogP contribution in [-0.4, -0.2) is 17.1 Å². The molecule has 2 heterocycles. The quantitative estimate of drug-likeness (QED) is 0.731. The Labute approximate surface area is 80.0 Å². The zero-order chi connectivity index (χ0) is 9.10. The normalized spacial score (nSPS) is 9.92. The summed E-state index contributed by atoms with van der Waals surface area (Å²) < 4.78 is 5.01. The van der Waals surface area contributed by atoms with Gasteiger partial charge in [-0.2, -0.15) is 0 Å². The summed E-state index contributed by atoms with van der Waals surface area (Å²) in [4.78, 5) is 8.37. The number of methoxy groups -OCH3 is 1. The number of nitrogens with zero attached hydrogens (tertiary/aromatic N) is 2. The van der Waals surface area contributed by atoms with Gasteiger partial charge in [0.25, 0.3) is 0 Å². The third-order valence-corrected chi connectivity index (χ3v) is 2.25. The molecule has 13 heavy (non-hydrogen) atoms. The molecule has 0 saturated carbocycles. The highest BCUT2D eigenvalue weighted by Crippen LogP contribution is 2.18. The maximum Gasteiger partial charge on any atom is 0.137 e. The van der Waals surface area contributed by atoms with E-state index >= 15 is 0 Å². The molecule has 0 aromatic carbocycles. The van der Waals surface area contributed by atoms with E-state index in [9.17, 15) is 0 Å². The van der Waals surface area contributed by atoms with Crippen molar-refractivity contribution in [3.63, 3.8) is 0 Å². The van der Waals surface area contributed by atoms with Crippen molar-refractivity contribution in [3.8, 4) is 17.1 Å². The lowest BCUT2D eigenvalue weighted by atomic mass is 10.3. The van der Waals surface area contributed by atoms with Crippen molar-refractivity contribution in [3.05, 3.63) is 29.2 Å². The van der Waals surface area contributed by atoms with Crippen LogP contribution in [0.1, 0.15) is 0 Å². The highest BCUT2D eigenvalue weighted by molar-refractivity contribution is 7.07. The smallest absolute Gasteiger partial charge is 0.137 e. The first-order valence-corrected chi connectivity index (χ1v) is 4.73. The van der Waals surface area contributed by atoms with Crippen molar-refractivity contribution in [2.24, 2.45) is 0 Å². The second-order valence-electron chi connectivity index (χ2n) is 2.46. The van der Waals surface area contributed by atoms with Crippen LogP contribution < -0.4 is 4.74 Å². The first-order chi connectivity index (χ1) is 6.40. The van der Waals surface area contributed by atoms with Gasteiger partial charge in [0.2, 0.25) is 0 Å². The molecule has 0 aliphatic heterocycles. The summed E-state index contributed by atoms with van der Waals surface area (Å²) in [5.41, 5.74) is 3.58. The molecule has 2 rings (SSSR count). The third kappa shape index (κ3) is 1.67. The van der Waals surface area contributed by atoms with E-state index in [0.717, 1.165) is 17.1 Å². The molecule has 3 nitrogen and oxygen atoms in total. The van der Waals surface area contributed by atoms with Crippen molar-refractivity contribution >= 4 is 11.3 Å². The van der Waals surface area contributed by atoms with E-state index in [2.05, 4.69) is 9.97 Å². The fourth-order valence-electron chi connectivity index (χ4n) is 0.992.